The molecular formula is C5H5NO3. The van der Waals surface area contributed by atoms with Crippen molar-refractivity contribution < 1.29 is 14.3 Å². The van der Waals surface area contributed by atoms with Crippen LogP contribution in [0.2, 0.25) is 0 Å². The summed E-state index contributed by atoms with van der Waals surface area (Å²) in [5.41, 5.74) is -0.970. The molecule has 1 fully saturated rings. The lowest BCUT2D eigenvalue weighted by Gasteiger charge is -2.32. The number of ether oxygens (including phenoxy) is 2. The highest BCUT2D eigenvalue weighted by molar-refractivity contribution is 5.40. The van der Waals surface area contributed by atoms with E-state index in [-0.39, 0.29) is 19.7 Å². The van der Waals surface area contributed by atoms with Gasteiger partial charge in [0.2, 0.25) is 5.60 Å². The van der Waals surface area contributed by atoms with Gasteiger partial charge in [-0.25, -0.2) is 0 Å². The third-order valence-electron chi connectivity index (χ3n) is 1.15. The minimum atomic E-state index is -0.970. The van der Waals surface area contributed by atoms with Crippen molar-refractivity contribution in [2.45, 2.75) is 5.60 Å². The van der Waals surface area contributed by atoms with Crippen LogP contribution in [-0.2, 0) is 14.3 Å². The van der Waals surface area contributed by atoms with Crippen LogP contribution < -0.4 is 0 Å². The van der Waals surface area contributed by atoms with Gasteiger partial charge in [0.1, 0.15) is 19.3 Å². The monoisotopic (exact) mass is 127 g/mol. The number of hydrogen-bond acceptors (Lipinski definition) is 4. The van der Waals surface area contributed by atoms with E-state index < -0.39 is 5.60 Å². The summed E-state index contributed by atoms with van der Waals surface area (Å²) in [6, 6.07) is 1.84. The summed E-state index contributed by atoms with van der Waals surface area (Å²) in [4.78, 5) is 9.74. The van der Waals surface area contributed by atoms with Gasteiger partial charge in [0.15, 0.2) is 0 Å². The van der Waals surface area contributed by atoms with Gasteiger partial charge in [-0.05, 0) is 0 Å². The Bertz CT molecular complexity index is 156. The largest absolute Gasteiger partial charge is 0.441 e. The smallest absolute Gasteiger partial charge is 0.294 e. The third kappa shape index (κ3) is 0.864. The standard InChI is InChI=1S/C5H5NO3/c6-1-5(9-4-7)2-8-3-5/h4H,2-3H2. The lowest BCUT2D eigenvalue weighted by molar-refractivity contribution is -0.179. The Kier molecular flexibility index (Phi) is 1.37. The number of hydrogen-bond donors (Lipinski definition) is 0. The van der Waals surface area contributed by atoms with Crippen LogP contribution in [0, 0.1) is 11.3 Å². The minimum absolute atomic E-state index is 0.197. The molecule has 0 aromatic rings. The van der Waals surface area contributed by atoms with Gasteiger partial charge < -0.3 is 9.47 Å². The molecule has 0 unspecified atom stereocenters. The van der Waals surface area contributed by atoms with E-state index >= 15 is 0 Å². The first-order chi connectivity index (χ1) is 4.33. The molecule has 0 spiro atoms. The van der Waals surface area contributed by atoms with Gasteiger partial charge in [-0.2, -0.15) is 5.26 Å². The fourth-order valence-electron chi connectivity index (χ4n) is 0.538. The maximum atomic E-state index is 9.74. The Hall–Kier alpha value is -1.08. The summed E-state index contributed by atoms with van der Waals surface area (Å²) in [6.07, 6.45) is 0. The number of rotatable bonds is 2. The molecule has 1 saturated heterocycles. The zero-order valence-corrected chi connectivity index (χ0v) is 4.66. The van der Waals surface area contributed by atoms with Crippen LogP contribution >= 0.6 is 0 Å². The topological polar surface area (TPSA) is 59.3 Å². The third-order valence-corrected chi connectivity index (χ3v) is 1.15. The van der Waals surface area contributed by atoms with E-state index in [0.717, 1.165) is 0 Å². The number of carbonyl (C=O) groups excluding carboxylic acids is 1. The van der Waals surface area contributed by atoms with Crippen LogP contribution in [0.1, 0.15) is 0 Å². The molecule has 0 bridgehead atoms. The molecule has 0 atom stereocenters. The second-order valence-electron chi connectivity index (χ2n) is 1.81. The van der Waals surface area contributed by atoms with E-state index in [1.54, 1.807) is 0 Å². The van der Waals surface area contributed by atoms with Crippen LogP contribution in [0.25, 0.3) is 0 Å². The molecule has 1 heterocycles. The average molecular weight is 127 g/mol. The van der Waals surface area contributed by atoms with Crippen molar-refractivity contribution in [3.8, 4) is 6.07 Å². The van der Waals surface area contributed by atoms with Gasteiger partial charge >= 0.3 is 0 Å². The molecule has 0 amide bonds. The average Bonchev–Trinajstić information content (AvgIpc) is 1.79. The first-order valence-electron chi connectivity index (χ1n) is 2.43. The highest BCUT2D eigenvalue weighted by Gasteiger charge is 2.41. The zero-order valence-electron chi connectivity index (χ0n) is 4.66. The molecule has 4 nitrogen and oxygen atoms in total. The fourth-order valence-corrected chi connectivity index (χ4v) is 0.538. The van der Waals surface area contributed by atoms with Crippen molar-refractivity contribution in [2.75, 3.05) is 13.2 Å². The SMILES string of the molecule is N#CC1(OC=O)COC1. The van der Waals surface area contributed by atoms with Gasteiger partial charge in [0.05, 0.1) is 0 Å². The molecule has 1 aliphatic heterocycles. The maximum Gasteiger partial charge on any atom is 0.294 e. The second kappa shape index (κ2) is 2.03. The molecule has 9 heavy (non-hydrogen) atoms. The summed E-state index contributed by atoms with van der Waals surface area (Å²) in [6.45, 7) is 0.663. The van der Waals surface area contributed by atoms with E-state index in [2.05, 4.69) is 9.47 Å². The number of nitrogens with zero attached hydrogens (tertiary/aromatic N) is 1. The number of nitriles is 1. The maximum absolute atomic E-state index is 9.74. The van der Waals surface area contributed by atoms with Gasteiger partial charge in [-0.3, -0.25) is 4.79 Å². The predicted molar refractivity (Wildman–Crippen MR) is 26.3 cm³/mol. The summed E-state index contributed by atoms with van der Waals surface area (Å²) in [7, 11) is 0. The van der Waals surface area contributed by atoms with Gasteiger partial charge in [-0.1, -0.05) is 0 Å². The molecule has 0 N–H and O–H groups in total. The van der Waals surface area contributed by atoms with Crippen molar-refractivity contribution >= 4 is 6.47 Å². The Morgan fingerprint density at radius 1 is 1.78 bits per heavy atom. The van der Waals surface area contributed by atoms with Crippen LogP contribution in [0.4, 0.5) is 0 Å². The molecule has 0 aromatic heterocycles. The van der Waals surface area contributed by atoms with E-state index in [1.165, 1.54) is 0 Å². The van der Waals surface area contributed by atoms with Crippen LogP contribution in [0.5, 0.6) is 0 Å². The van der Waals surface area contributed by atoms with Crippen LogP contribution in [0.15, 0.2) is 0 Å². The van der Waals surface area contributed by atoms with Crippen LogP contribution in [0.3, 0.4) is 0 Å². The molecule has 0 saturated carbocycles. The Labute approximate surface area is 52.0 Å². The molecule has 1 rings (SSSR count). The lowest BCUT2D eigenvalue weighted by atomic mass is 10.1. The first kappa shape index (κ1) is 6.05. The van der Waals surface area contributed by atoms with Gasteiger partial charge in [0, 0.05) is 0 Å². The van der Waals surface area contributed by atoms with Gasteiger partial charge in [0.25, 0.3) is 6.47 Å². The zero-order chi connectivity index (χ0) is 6.74. The van der Waals surface area contributed by atoms with E-state index in [4.69, 9.17) is 5.26 Å². The highest BCUT2D eigenvalue weighted by atomic mass is 16.6. The van der Waals surface area contributed by atoms with Crippen molar-refractivity contribution in [1.29, 1.82) is 5.26 Å². The van der Waals surface area contributed by atoms with E-state index in [1.807, 2.05) is 6.07 Å². The number of carbonyl (C=O) groups is 1. The summed E-state index contributed by atoms with van der Waals surface area (Å²) in [5, 5.41) is 8.35. The quantitative estimate of drug-likeness (QED) is 0.467. The molecule has 4 heteroatoms. The highest BCUT2D eigenvalue weighted by Crippen LogP contribution is 2.18. The molecule has 0 aromatic carbocycles. The first-order valence-corrected chi connectivity index (χ1v) is 2.43. The van der Waals surface area contributed by atoms with Crippen molar-refractivity contribution in [3.05, 3.63) is 0 Å². The summed E-state index contributed by atoms with van der Waals surface area (Å²) >= 11 is 0. The molecule has 48 valence electrons. The summed E-state index contributed by atoms with van der Waals surface area (Å²) in [5.74, 6) is 0. The minimum Gasteiger partial charge on any atom is -0.441 e. The lowest BCUT2D eigenvalue weighted by Crippen LogP contribution is -2.50. The fraction of sp³-hybridized carbons (Fsp3) is 0.600. The molecule has 0 radical (unpaired) electrons. The molecule has 1 aliphatic rings. The summed E-state index contributed by atoms with van der Waals surface area (Å²) < 4.78 is 9.12. The van der Waals surface area contributed by atoms with Crippen LogP contribution in [-0.4, -0.2) is 25.3 Å². The second-order valence-corrected chi connectivity index (χ2v) is 1.81. The Morgan fingerprint density at radius 3 is 2.56 bits per heavy atom. The Balaban J connectivity index is 2.49. The van der Waals surface area contributed by atoms with Gasteiger partial charge in [-0.15, -0.1) is 0 Å². The predicted octanol–water partition coefficient (Wildman–Crippen LogP) is -0.548. The molecule has 0 aliphatic carbocycles. The van der Waals surface area contributed by atoms with E-state index in [0.29, 0.717) is 0 Å². The normalized spacial score (nSPS) is 21.2. The van der Waals surface area contributed by atoms with E-state index in [9.17, 15) is 4.79 Å². The molecular weight excluding hydrogens is 122 g/mol. The van der Waals surface area contributed by atoms with Crippen molar-refractivity contribution in [2.24, 2.45) is 0 Å². The van der Waals surface area contributed by atoms with Crippen molar-refractivity contribution in [1.82, 2.24) is 0 Å². The Morgan fingerprint density at radius 2 is 2.44 bits per heavy atom. The van der Waals surface area contributed by atoms with Crippen molar-refractivity contribution in [3.63, 3.8) is 0 Å².